The lowest BCUT2D eigenvalue weighted by molar-refractivity contribution is 0.0526. The molecule has 1 rings (SSSR count). The monoisotopic (exact) mass is 324 g/mol. The molecule has 0 bridgehead atoms. The van der Waals surface area contributed by atoms with E-state index in [0.717, 1.165) is 0 Å². The van der Waals surface area contributed by atoms with Gasteiger partial charge in [0.1, 0.15) is 0 Å². The number of hydrogen-bond acceptors (Lipinski definition) is 2. The molecule has 0 aromatic heterocycles. The first-order chi connectivity index (χ1) is 6.56. The van der Waals surface area contributed by atoms with Crippen LogP contribution in [0.1, 0.15) is 17.3 Å². The third-order valence-electron chi connectivity index (χ3n) is 1.49. The van der Waals surface area contributed by atoms with E-state index < -0.39 is 11.8 Å². The van der Waals surface area contributed by atoms with E-state index in [0.29, 0.717) is 12.2 Å². The minimum Gasteiger partial charge on any atom is -0.462 e. The van der Waals surface area contributed by atoms with Gasteiger partial charge in [0.25, 0.3) is 0 Å². The summed E-state index contributed by atoms with van der Waals surface area (Å²) < 4.78 is 18.4. The fourth-order valence-electron chi connectivity index (χ4n) is 0.888. The standard InChI is InChI=1S/C9H7Br2FO2/c1-2-14-9(13)5-3-6(10)8(12)7(11)4-5/h3-4H,2H2,1H3. The highest BCUT2D eigenvalue weighted by Crippen LogP contribution is 2.25. The van der Waals surface area contributed by atoms with Gasteiger partial charge in [-0.15, -0.1) is 0 Å². The van der Waals surface area contributed by atoms with Gasteiger partial charge in [-0.2, -0.15) is 0 Å². The van der Waals surface area contributed by atoms with Gasteiger partial charge < -0.3 is 4.74 Å². The first-order valence-corrected chi connectivity index (χ1v) is 5.46. The molecule has 0 aliphatic carbocycles. The number of esters is 1. The predicted octanol–water partition coefficient (Wildman–Crippen LogP) is 3.53. The van der Waals surface area contributed by atoms with E-state index in [1.54, 1.807) is 6.92 Å². The van der Waals surface area contributed by atoms with Crippen LogP contribution in [0.2, 0.25) is 0 Å². The van der Waals surface area contributed by atoms with Crippen LogP contribution in [0.5, 0.6) is 0 Å². The van der Waals surface area contributed by atoms with Crippen LogP contribution in [0, 0.1) is 5.82 Å². The van der Waals surface area contributed by atoms with Crippen LogP contribution in [0.3, 0.4) is 0 Å². The van der Waals surface area contributed by atoms with Gasteiger partial charge in [-0.1, -0.05) is 0 Å². The van der Waals surface area contributed by atoms with Gasteiger partial charge in [-0.05, 0) is 50.9 Å². The van der Waals surface area contributed by atoms with Crippen molar-refractivity contribution in [3.05, 3.63) is 32.5 Å². The van der Waals surface area contributed by atoms with Gasteiger partial charge in [-0.3, -0.25) is 0 Å². The number of carbonyl (C=O) groups excluding carboxylic acids is 1. The molecule has 1 aromatic carbocycles. The van der Waals surface area contributed by atoms with Gasteiger partial charge >= 0.3 is 5.97 Å². The molecule has 0 amide bonds. The molecule has 0 heterocycles. The minimum absolute atomic E-state index is 0.231. The summed E-state index contributed by atoms with van der Waals surface area (Å²) >= 11 is 6.01. The van der Waals surface area contributed by atoms with Gasteiger partial charge in [-0.25, -0.2) is 9.18 Å². The van der Waals surface area contributed by atoms with E-state index in [9.17, 15) is 9.18 Å². The molecule has 0 spiro atoms. The van der Waals surface area contributed by atoms with Gasteiger partial charge in [0, 0.05) is 0 Å². The van der Waals surface area contributed by atoms with Crippen LogP contribution >= 0.6 is 31.9 Å². The quantitative estimate of drug-likeness (QED) is 0.614. The summed E-state index contributed by atoms with van der Waals surface area (Å²) in [7, 11) is 0. The second kappa shape index (κ2) is 4.89. The summed E-state index contributed by atoms with van der Waals surface area (Å²) in [6.45, 7) is 2.01. The van der Waals surface area contributed by atoms with Crippen molar-refractivity contribution >= 4 is 37.8 Å². The zero-order valence-electron chi connectivity index (χ0n) is 7.31. The highest BCUT2D eigenvalue weighted by molar-refractivity contribution is 9.11. The molecule has 5 heteroatoms. The molecule has 2 nitrogen and oxygen atoms in total. The number of benzene rings is 1. The van der Waals surface area contributed by atoms with Crippen LogP contribution in [0.25, 0.3) is 0 Å². The summed E-state index contributed by atoms with van der Waals surface area (Å²) in [4.78, 5) is 11.3. The van der Waals surface area contributed by atoms with Crippen molar-refractivity contribution in [1.29, 1.82) is 0 Å². The maximum absolute atomic E-state index is 13.1. The normalized spacial score (nSPS) is 10.0. The summed E-state index contributed by atoms with van der Waals surface area (Å²) in [6, 6.07) is 2.77. The topological polar surface area (TPSA) is 26.3 Å². The maximum atomic E-state index is 13.1. The van der Waals surface area contributed by atoms with Crippen molar-refractivity contribution in [2.24, 2.45) is 0 Å². The largest absolute Gasteiger partial charge is 0.462 e. The molecule has 0 aliphatic heterocycles. The Labute approximate surface area is 97.7 Å². The van der Waals surface area contributed by atoms with E-state index in [4.69, 9.17) is 4.74 Å². The van der Waals surface area contributed by atoms with E-state index >= 15 is 0 Å². The lowest BCUT2D eigenvalue weighted by Crippen LogP contribution is -2.05. The van der Waals surface area contributed by atoms with Crippen LogP contribution in [-0.4, -0.2) is 12.6 Å². The average Bonchev–Trinajstić information content (AvgIpc) is 2.13. The molecule has 14 heavy (non-hydrogen) atoms. The lowest BCUT2D eigenvalue weighted by atomic mass is 10.2. The SMILES string of the molecule is CCOC(=O)c1cc(Br)c(F)c(Br)c1. The van der Waals surface area contributed by atoms with Crippen LogP contribution in [0.15, 0.2) is 21.1 Å². The maximum Gasteiger partial charge on any atom is 0.338 e. The number of rotatable bonds is 2. The third kappa shape index (κ3) is 2.54. The molecule has 1 aromatic rings. The molecule has 0 aliphatic rings. The van der Waals surface area contributed by atoms with Crippen molar-refractivity contribution in [1.82, 2.24) is 0 Å². The smallest absolute Gasteiger partial charge is 0.338 e. The molecule has 0 saturated heterocycles. The average molecular weight is 326 g/mol. The third-order valence-corrected chi connectivity index (χ3v) is 2.65. The summed E-state index contributed by atoms with van der Waals surface area (Å²) in [5, 5.41) is 0. The van der Waals surface area contributed by atoms with E-state index in [1.807, 2.05) is 0 Å². The summed E-state index contributed by atoms with van der Waals surface area (Å²) in [6.07, 6.45) is 0. The molecule has 76 valence electrons. The fourth-order valence-corrected chi connectivity index (χ4v) is 2.07. The highest BCUT2D eigenvalue weighted by atomic mass is 79.9. The summed E-state index contributed by atoms with van der Waals surface area (Å²) in [5.74, 6) is -0.896. The van der Waals surface area contributed by atoms with Gasteiger partial charge in [0.05, 0.1) is 21.1 Å². The Bertz CT molecular complexity index is 343. The van der Waals surface area contributed by atoms with Crippen LogP contribution in [-0.2, 0) is 4.74 Å². The first-order valence-electron chi connectivity index (χ1n) is 3.88. The predicted molar refractivity (Wildman–Crippen MR) is 57.8 cm³/mol. The second-order valence-electron chi connectivity index (χ2n) is 2.47. The van der Waals surface area contributed by atoms with Gasteiger partial charge in [0.2, 0.25) is 0 Å². The Morgan fingerprint density at radius 3 is 2.36 bits per heavy atom. The molecule has 0 fully saturated rings. The zero-order valence-corrected chi connectivity index (χ0v) is 10.5. The van der Waals surface area contributed by atoms with Crippen LogP contribution in [0.4, 0.5) is 4.39 Å². The van der Waals surface area contributed by atoms with E-state index in [-0.39, 0.29) is 8.95 Å². The molecule has 0 unspecified atom stereocenters. The Morgan fingerprint density at radius 2 is 1.93 bits per heavy atom. The van der Waals surface area contributed by atoms with Crippen molar-refractivity contribution in [3.63, 3.8) is 0 Å². The molecule has 0 atom stereocenters. The van der Waals surface area contributed by atoms with Crippen molar-refractivity contribution in [2.45, 2.75) is 6.92 Å². The van der Waals surface area contributed by atoms with E-state index in [1.165, 1.54) is 12.1 Å². The Balaban J connectivity index is 3.06. The van der Waals surface area contributed by atoms with Crippen molar-refractivity contribution in [3.8, 4) is 0 Å². The number of ether oxygens (including phenoxy) is 1. The Kier molecular flexibility index (Phi) is 4.07. The van der Waals surface area contributed by atoms with Crippen molar-refractivity contribution in [2.75, 3.05) is 6.61 Å². The Morgan fingerprint density at radius 1 is 1.43 bits per heavy atom. The fraction of sp³-hybridized carbons (Fsp3) is 0.222. The highest BCUT2D eigenvalue weighted by Gasteiger charge is 2.12. The lowest BCUT2D eigenvalue weighted by Gasteiger charge is -2.04. The molecule has 0 saturated carbocycles. The van der Waals surface area contributed by atoms with Gasteiger partial charge in [0.15, 0.2) is 5.82 Å². The number of carbonyl (C=O) groups is 1. The van der Waals surface area contributed by atoms with E-state index in [2.05, 4.69) is 31.9 Å². The molecule has 0 N–H and O–H groups in total. The van der Waals surface area contributed by atoms with Crippen molar-refractivity contribution < 1.29 is 13.9 Å². The summed E-state index contributed by atoms with van der Waals surface area (Å²) in [5.41, 5.74) is 0.312. The number of hydrogen-bond donors (Lipinski definition) is 0. The molecule has 0 radical (unpaired) electrons. The minimum atomic E-state index is -0.464. The first kappa shape index (κ1) is 11.7. The zero-order chi connectivity index (χ0) is 10.7. The Hall–Kier alpha value is -0.420. The second-order valence-corrected chi connectivity index (χ2v) is 4.18. The van der Waals surface area contributed by atoms with Crippen LogP contribution < -0.4 is 0 Å². The molecular formula is C9H7Br2FO2. The number of halogens is 3. The molecular weight excluding hydrogens is 319 g/mol.